The van der Waals surface area contributed by atoms with E-state index in [0.29, 0.717) is 34.5 Å². The van der Waals surface area contributed by atoms with Crippen LogP contribution in [0.1, 0.15) is 42.4 Å². The Morgan fingerprint density at radius 3 is 2.71 bits per heavy atom. The molecule has 1 aliphatic heterocycles. The predicted octanol–water partition coefficient (Wildman–Crippen LogP) is 3.52. The molecule has 0 spiro atoms. The van der Waals surface area contributed by atoms with E-state index < -0.39 is 0 Å². The van der Waals surface area contributed by atoms with Gasteiger partial charge in [-0.2, -0.15) is 0 Å². The van der Waals surface area contributed by atoms with Crippen molar-refractivity contribution in [3.8, 4) is 0 Å². The molecule has 0 amide bonds. The van der Waals surface area contributed by atoms with Crippen LogP contribution in [0.25, 0.3) is 5.57 Å². The number of aryl methyl sites for hydroxylation is 1. The van der Waals surface area contributed by atoms with Crippen molar-refractivity contribution in [1.82, 2.24) is 9.55 Å². The molecule has 2 aromatic rings. The summed E-state index contributed by atoms with van der Waals surface area (Å²) in [5.41, 5.74) is 3.55. The molecule has 1 aliphatic rings. The molecule has 0 aliphatic carbocycles. The number of carbonyl (C=O) groups excluding carboxylic acids is 1. The third kappa shape index (κ3) is 3.99. The number of hydrogen-bond donors (Lipinski definition) is 1. The van der Waals surface area contributed by atoms with E-state index in [1.807, 2.05) is 34.8 Å². The highest BCUT2D eigenvalue weighted by atomic mass is 35.5. The molecule has 1 N–H and O–H groups in total. The summed E-state index contributed by atoms with van der Waals surface area (Å²) in [6, 6.07) is 7.77. The number of unbranched alkanes of at least 4 members (excludes halogenated alkanes) is 1. The van der Waals surface area contributed by atoms with Crippen molar-refractivity contribution in [1.29, 1.82) is 0 Å². The molecule has 28 heavy (non-hydrogen) atoms. The third-order valence-corrected chi connectivity index (χ3v) is 5.05. The van der Waals surface area contributed by atoms with Crippen LogP contribution in [0.4, 0.5) is 0 Å². The molecule has 3 rings (SSSR count). The molecule has 148 valence electrons. The van der Waals surface area contributed by atoms with E-state index in [1.54, 1.807) is 0 Å². The zero-order valence-corrected chi connectivity index (χ0v) is 16.8. The first-order valence-electron chi connectivity index (χ1n) is 9.22. The number of aliphatic hydroxyl groups is 1. The highest BCUT2D eigenvalue weighted by Gasteiger charge is 2.25. The number of hydrogen-bond acceptors (Lipinski definition) is 5. The molecule has 0 fully saturated rings. The van der Waals surface area contributed by atoms with Crippen LogP contribution in [-0.4, -0.2) is 34.3 Å². The number of halogens is 1. The number of nitrogens with zero attached hydrogens (tertiary/aromatic N) is 2. The second-order valence-electron chi connectivity index (χ2n) is 6.55. The van der Waals surface area contributed by atoms with Gasteiger partial charge in [-0.3, -0.25) is 0 Å². The highest BCUT2D eigenvalue weighted by molar-refractivity contribution is 6.30. The fourth-order valence-corrected chi connectivity index (χ4v) is 3.53. The van der Waals surface area contributed by atoms with E-state index >= 15 is 0 Å². The summed E-state index contributed by atoms with van der Waals surface area (Å²) in [5.74, 6) is 3.13. The van der Waals surface area contributed by atoms with Crippen LogP contribution in [0.3, 0.4) is 0 Å². The van der Waals surface area contributed by atoms with Crippen molar-refractivity contribution >= 4 is 23.1 Å². The van der Waals surface area contributed by atoms with E-state index in [4.69, 9.17) is 21.1 Å². The maximum atomic E-state index is 11.2. The smallest absolute Gasteiger partial charge is 0.288 e. The second kappa shape index (κ2) is 9.11. The minimum atomic E-state index is -0.162. The number of aromatic nitrogens is 2. The first-order valence-corrected chi connectivity index (χ1v) is 9.60. The standard InChI is InChI=1S/C21H23ClN2O4/c1-3-4-5-18-23-20(22)17(12-26)24(18)10-14-6-8-15(9-7-14)19-16(11-25)13-28-21(19)27-2/h6-9,26H,3-5,10,12-13H2,1-2H3. The van der Waals surface area contributed by atoms with Gasteiger partial charge in [-0.1, -0.05) is 49.2 Å². The first-order chi connectivity index (χ1) is 13.6. The predicted molar refractivity (Wildman–Crippen MR) is 106 cm³/mol. The number of rotatable bonds is 8. The lowest BCUT2D eigenvalue weighted by atomic mass is 10.00. The summed E-state index contributed by atoms with van der Waals surface area (Å²) < 4.78 is 12.6. The lowest BCUT2D eigenvalue weighted by Crippen LogP contribution is -2.09. The molecule has 0 bridgehead atoms. The van der Waals surface area contributed by atoms with Gasteiger partial charge in [-0.15, -0.1) is 0 Å². The van der Waals surface area contributed by atoms with Crippen molar-refractivity contribution in [2.45, 2.75) is 39.3 Å². The first kappa shape index (κ1) is 20.2. The van der Waals surface area contributed by atoms with Gasteiger partial charge >= 0.3 is 0 Å². The van der Waals surface area contributed by atoms with Crippen LogP contribution in [0.15, 0.2) is 35.8 Å². The van der Waals surface area contributed by atoms with E-state index in [1.165, 1.54) is 7.11 Å². The van der Waals surface area contributed by atoms with Crippen molar-refractivity contribution in [2.75, 3.05) is 13.7 Å². The average Bonchev–Trinajstić information content (AvgIpc) is 3.27. The Morgan fingerprint density at radius 1 is 1.36 bits per heavy atom. The summed E-state index contributed by atoms with van der Waals surface area (Å²) in [4.78, 5) is 15.6. The number of methoxy groups -OCH3 is 1. The summed E-state index contributed by atoms with van der Waals surface area (Å²) in [7, 11) is 1.51. The van der Waals surface area contributed by atoms with Gasteiger partial charge in [0.15, 0.2) is 5.15 Å². The topological polar surface area (TPSA) is 73.6 Å². The van der Waals surface area contributed by atoms with E-state index in [0.717, 1.165) is 36.2 Å². The Kier molecular flexibility index (Phi) is 6.57. The van der Waals surface area contributed by atoms with Crippen LogP contribution in [0.5, 0.6) is 0 Å². The minimum absolute atomic E-state index is 0.162. The van der Waals surface area contributed by atoms with Gasteiger partial charge in [0.1, 0.15) is 18.4 Å². The molecule has 7 heteroatoms. The largest absolute Gasteiger partial charge is 0.468 e. The summed E-state index contributed by atoms with van der Waals surface area (Å²) in [5, 5.41) is 10.0. The van der Waals surface area contributed by atoms with E-state index in [9.17, 15) is 9.90 Å². The maximum Gasteiger partial charge on any atom is 0.288 e. The van der Waals surface area contributed by atoms with Crippen LogP contribution in [0, 0.1) is 0 Å². The fraction of sp³-hybridized carbons (Fsp3) is 0.381. The average molecular weight is 403 g/mol. The summed E-state index contributed by atoms with van der Waals surface area (Å²) in [6.07, 6.45) is 2.87. The number of aliphatic hydroxyl groups excluding tert-OH is 1. The maximum absolute atomic E-state index is 11.2. The Morgan fingerprint density at radius 2 is 2.11 bits per heavy atom. The molecule has 1 aromatic heterocycles. The fourth-order valence-electron chi connectivity index (χ4n) is 3.27. The third-order valence-electron chi connectivity index (χ3n) is 4.75. The molecule has 2 heterocycles. The van der Waals surface area contributed by atoms with Gasteiger partial charge in [-0.25, -0.2) is 9.78 Å². The van der Waals surface area contributed by atoms with Gasteiger partial charge in [0.2, 0.25) is 0 Å². The molecular weight excluding hydrogens is 380 g/mol. The normalized spacial score (nSPS) is 13.6. The molecule has 0 saturated carbocycles. The molecular formula is C21H23ClN2O4. The minimum Gasteiger partial charge on any atom is -0.468 e. The number of benzene rings is 1. The van der Waals surface area contributed by atoms with Crippen molar-refractivity contribution in [3.63, 3.8) is 0 Å². The van der Waals surface area contributed by atoms with E-state index in [2.05, 4.69) is 11.9 Å². The van der Waals surface area contributed by atoms with Gasteiger partial charge in [0.25, 0.3) is 5.95 Å². The summed E-state index contributed by atoms with van der Waals surface area (Å²) in [6.45, 7) is 2.68. The van der Waals surface area contributed by atoms with E-state index in [-0.39, 0.29) is 13.2 Å². The number of imidazole rings is 1. The Balaban J connectivity index is 1.89. The molecule has 0 saturated heterocycles. The molecule has 6 nitrogen and oxygen atoms in total. The van der Waals surface area contributed by atoms with Gasteiger partial charge in [-0.05, 0) is 17.5 Å². The molecule has 1 aromatic carbocycles. The zero-order chi connectivity index (χ0) is 20.1. The quantitative estimate of drug-likeness (QED) is 0.684. The summed E-state index contributed by atoms with van der Waals surface area (Å²) >= 11 is 6.21. The SMILES string of the molecule is CCCCc1nc(Cl)c(CO)n1Cc1ccc(C2=C(OC)OCC2=C=O)cc1. The Bertz CT molecular complexity index is 925. The van der Waals surface area contributed by atoms with Crippen molar-refractivity contribution in [3.05, 3.63) is 63.6 Å². The Labute approximate surface area is 169 Å². The number of ether oxygens (including phenoxy) is 2. The molecule has 0 unspecified atom stereocenters. The highest BCUT2D eigenvalue weighted by Crippen LogP contribution is 2.32. The van der Waals surface area contributed by atoms with Crippen molar-refractivity contribution in [2.24, 2.45) is 0 Å². The second-order valence-corrected chi connectivity index (χ2v) is 6.90. The van der Waals surface area contributed by atoms with Crippen LogP contribution < -0.4 is 0 Å². The molecule has 0 radical (unpaired) electrons. The zero-order valence-electron chi connectivity index (χ0n) is 16.0. The lowest BCUT2D eigenvalue weighted by molar-refractivity contribution is 0.0897. The lowest BCUT2D eigenvalue weighted by Gasteiger charge is -2.12. The Hall–Kier alpha value is -2.53. The van der Waals surface area contributed by atoms with Gasteiger partial charge in [0.05, 0.1) is 30.6 Å². The van der Waals surface area contributed by atoms with Crippen molar-refractivity contribution < 1.29 is 19.4 Å². The van der Waals surface area contributed by atoms with Crippen LogP contribution >= 0.6 is 11.6 Å². The van der Waals surface area contributed by atoms with Gasteiger partial charge in [0, 0.05) is 13.0 Å². The van der Waals surface area contributed by atoms with Crippen LogP contribution in [0.2, 0.25) is 5.15 Å². The van der Waals surface area contributed by atoms with Crippen LogP contribution in [-0.2, 0) is 33.8 Å². The monoisotopic (exact) mass is 402 g/mol. The van der Waals surface area contributed by atoms with Gasteiger partial charge < -0.3 is 19.1 Å². The molecule has 0 atom stereocenters.